The predicted octanol–water partition coefficient (Wildman–Crippen LogP) is 0.862. The van der Waals surface area contributed by atoms with Crippen LogP contribution < -0.4 is 0 Å². The van der Waals surface area contributed by atoms with E-state index in [1.165, 1.54) is 0 Å². The molecule has 4 heteroatoms. The third kappa shape index (κ3) is 2.15. The maximum Gasteiger partial charge on any atom is 0.272 e. The second-order valence-electron chi connectivity index (χ2n) is 3.57. The van der Waals surface area contributed by atoms with Crippen LogP contribution in [0.2, 0.25) is 0 Å². The van der Waals surface area contributed by atoms with Crippen LogP contribution >= 0.6 is 0 Å². The number of nitrogens with zero attached hydrogens (tertiary/aromatic N) is 2. The van der Waals surface area contributed by atoms with Crippen molar-refractivity contribution < 1.29 is 9.53 Å². The molecule has 0 atom stereocenters. The van der Waals surface area contributed by atoms with Crippen LogP contribution in [0.1, 0.15) is 16.1 Å². The molecule has 0 aliphatic carbocycles. The molecule has 15 heavy (non-hydrogen) atoms. The highest BCUT2D eigenvalue weighted by molar-refractivity contribution is 5.93. The van der Waals surface area contributed by atoms with Gasteiger partial charge in [-0.15, -0.1) is 0 Å². The molecule has 0 N–H and O–H groups in total. The van der Waals surface area contributed by atoms with Gasteiger partial charge in [-0.1, -0.05) is 6.07 Å². The van der Waals surface area contributed by atoms with Crippen molar-refractivity contribution in [1.82, 2.24) is 9.88 Å². The Hall–Kier alpha value is -1.42. The Morgan fingerprint density at radius 1 is 1.47 bits per heavy atom. The van der Waals surface area contributed by atoms with Gasteiger partial charge in [0.05, 0.1) is 13.2 Å². The normalized spacial score (nSPS) is 16.5. The average Bonchev–Trinajstić information content (AvgIpc) is 2.30. The molecule has 1 amide bonds. The minimum absolute atomic E-state index is 0.0106. The van der Waals surface area contributed by atoms with E-state index in [1.54, 1.807) is 11.1 Å². The van der Waals surface area contributed by atoms with Gasteiger partial charge < -0.3 is 9.64 Å². The van der Waals surface area contributed by atoms with E-state index in [0.29, 0.717) is 32.0 Å². The first-order valence-electron chi connectivity index (χ1n) is 5.07. The minimum atomic E-state index is 0.0106. The summed E-state index contributed by atoms with van der Waals surface area (Å²) in [6.07, 6.45) is 1.65. The van der Waals surface area contributed by atoms with Gasteiger partial charge in [-0.2, -0.15) is 0 Å². The van der Waals surface area contributed by atoms with E-state index in [4.69, 9.17) is 4.74 Å². The molecule has 0 aromatic carbocycles. The van der Waals surface area contributed by atoms with Crippen molar-refractivity contribution in [2.24, 2.45) is 0 Å². The van der Waals surface area contributed by atoms with Crippen LogP contribution in [0.5, 0.6) is 0 Å². The standard InChI is InChI=1S/C11H14N2O2/c1-9-3-2-4-12-10(9)11(14)13-5-7-15-8-6-13/h2-4H,5-8H2,1H3. The molecule has 0 bridgehead atoms. The van der Waals surface area contributed by atoms with Crippen LogP contribution in [0.4, 0.5) is 0 Å². The van der Waals surface area contributed by atoms with E-state index < -0.39 is 0 Å². The summed E-state index contributed by atoms with van der Waals surface area (Å²) in [5.41, 5.74) is 1.48. The fourth-order valence-electron chi connectivity index (χ4n) is 1.63. The van der Waals surface area contributed by atoms with E-state index in [1.807, 2.05) is 19.1 Å². The third-order valence-electron chi connectivity index (χ3n) is 2.51. The van der Waals surface area contributed by atoms with E-state index in [-0.39, 0.29) is 5.91 Å². The molecule has 0 saturated carbocycles. The molecular weight excluding hydrogens is 192 g/mol. The van der Waals surface area contributed by atoms with Crippen molar-refractivity contribution in [1.29, 1.82) is 0 Å². The molecule has 2 rings (SSSR count). The Morgan fingerprint density at radius 3 is 2.87 bits per heavy atom. The van der Waals surface area contributed by atoms with Gasteiger partial charge in [-0.3, -0.25) is 9.78 Å². The first-order valence-corrected chi connectivity index (χ1v) is 5.07. The number of aromatic nitrogens is 1. The maximum absolute atomic E-state index is 12.0. The van der Waals surface area contributed by atoms with E-state index in [0.717, 1.165) is 5.56 Å². The largest absolute Gasteiger partial charge is 0.378 e. The van der Waals surface area contributed by atoms with Crippen molar-refractivity contribution >= 4 is 5.91 Å². The number of aryl methyl sites for hydroxylation is 1. The van der Waals surface area contributed by atoms with Crippen molar-refractivity contribution in [3.63, 3.8) is 0 Å². The van der Waals surface area contributed by atoms with Gasteiger partial charge in [0, 0.05) is 19.3 Å². The highest BCUT2D eigenvalue weighted by Gasteiger charge is 2.20. The van der Waals surface area contributed by atoms with Crippen molar-refractivity contribution in [2.45, 2.75) is 6.92 Å². The summed E-state index contributed by atoms with van der Waals surface area (Å²) in [6.45, 7) is 4.47. The highest BCUT2D eigenvalue weighted by Crippen LogP contribution is 2.08. The van der Waals surface area contributed by atoms with Gasteiger partial charge in [0.25, 0.3) is 5.91 Å². The van der Waals surface area contributed by atoms with Crippen LogP contribution in [0.25, 0.3) is 0 Å². The second-order valence-corrected chi connectivity index (χ2v) is 3.57. The van der Waals surface area contributed by atoms with Gasteiger partial charge in [0.1, 0.15) is 5.69 Å². The van der Waals surface area contributed by atoms with Gasteiger partial charge in [0.15, 0.2) is 0 Å². The molecule has 1 aliphatic rings. The summed E-state index contributed by atoms with van der Waals surface area (Å²) >= 11 is 0. The number of pyridine rings is 1. The van der Waals surface area contributed by atoms with Crippen LogP contribution in [-0.4, -0.2) is 42.1 Å². The van der Waals surface area contributed by atoms with Crippen molar-refractivity contribution in [2.75, 3.05) is 26.3 Å². The number of carbonyl (C=O) groups is 1. The lowest BCUT2D eigenvalue weighted by atomic mass is 10.2. The first kappa shape index (κ1) is 10.1. The molecule has 1 aromatic heterocycles. The Kier molecular flexibility index (Phi) is 2.97. The molecule has 80 valence electrons. The summed E-state index contributed by atoms with van der Waals surface area (Å²) in [5, 5.41) is 0. The molecule has 2 heterocycles. The fraction of sp³-hybridized carbons (Fsp3) is 0.455. The zero-order valence-electron chi connectivity index (χ0n) is 8.77. The molecule has 1 fully saturated rings. The fourth-order valence-corrected chi connectivity index (χ4v) is 1.63. The quantitative estimate of drug-likeness (QED) is 0.684. The second kappa shape index (κ2) is 4.40. The Labute approximate surface area is 88.9 Å². The van der Waals surface area contributed by atoms with Crippen molar-refractivity contribution in [3.8, 4) is 0 Å². The number of morpholine rings is 1. The minimum Gasteiger partial charge on any atom is -0.378 e. The monoisotopic (exact) mass is 206 g/mol. The van der Waals surface area contributed by atoms with E-state index in [9.17, 15) is 4.79 Å². The topological polar surface area (TPSA) is 42.4 Å². The predicted molar refractivity (Wildman–Crippen MR) is 55.7 cm³/mol. The Morgan fingerprint density at radius 2 is 2.20 bits per heavy atom. The van der Waals surface area contributed by atoms with Crippen LogP contribution in [0.3, 0.4) is 0 Å². The molecule has 0 spiro atoms. The van der Waals surface area contributed by atoms with Gasteiger partial charge in [0.2, 0.25) is 0 Å². The zero-order valence-corrected chi connectivity index (χ0v) is 8.77. The lowest BCUT2D eigenvalue weighted by Gasteiger charge is -2.26. The van der Waals surface area contributed by atoms with E-state index >= 15 is 0 Å². The smallest absolute Gasteiger partial charge is 0.272 e. The van der Waals surface area contributed by atoms with E-state index in [2.05, 4.69) is 4.98 Å². The van der Waals surface area contributed by atoms with Crippen LogP contribution in [0.15, 0.2) is 18.3 Å². The highest BCUT2D eigenvalue weighted by atomic mass is 16.5. The molecule has 4 nitrogen and oxygen atoms in total. The zero-order chi connectivity index (χ0) is 10.7. The van der Waals surface area contributed by atoms with Gasteiger partial charge >= 0.3 is 0 Å². The van der Waals surface area contributed by atoms with Gasteiger partial charge in [-0.05, 0) is 18.6 Å². The number of amides is 1. The Bertz CT molecular complexity index is 359. The summed E-state index contributed by atoms with van der Waals surface area (Å²) in [4.78, 5) is 17.9. The summed E-state index contributed by atoms with van der Waals surface area (Å²) in [7, 11) is 0. The summed E-state index contributed by atoms with van der Waals surface area (Å²) < 4.78 is 5.20. The number of ether oxygens (including phenoxy) is 1. The molecule has 1 aromatic rings. The summed E-state index contributed by atoms with van der Waals surface area (Å²) in [6, 6.07) is 3.74. The number of hydrogen-bond donors (Lipinski definition) is 0. The van der Waals surface area contributed by atoms with Crippen molar-refractivity contribution in [3.05, 3.63) is 29.6 Å². The molecule has 0 radical (unpaired) electrons. The lowest BCUT2D eigenvalue weighted by Crippen LogP contribution is -2.41. The van der Waals surface area contributed by atoms with Gasteiger partial charge in [-0.25, -0.2) is 0 Å². The van der Waals surface area contributed by atoms with Crippen LogP contribution in [0, 0.1) is 6.92 Å². The molecule has 1 aliphatic heterocycles. The molecule has 0 unspecified atom stereocenters. The third-order valence-corrected chi connectivity index (χ3v) is 2.51. The van der Waals surface area contributed by atoms with Crippen LogP contribution in [-0.2, 0) is 4.74 Å². The number of hydrogen-bond acceptors (Lipinski definition) is 3. The Balaban J connectivity index is 2.16. The maximum atomic E-state index is 12.0. The first-order chi connectivity index (χ1) is 7.29. The lowest BCUT2D eigenvalue weighted by molar-refractivity contribution is 0.0298. The molecular formula is C11H14N2O2. The summed E-state index contributed by atoms with van der Waals surface area (Å²) in [5.74, 6) is 0.0106. The SMILES string of the molecule is Cc1cccnc1C(=O)N1CCOCC1. The molecule has 1 saturated heterocycles. The number of carbonyl (C=O) groups excluding carboxylic acids is 1. The average molecular weight is 206 g/mol. The number of rotatable bonds is 1.